The zero-order valence-corrected chi connectivity index (χ0v) is 8.61. The van der Waals surface area contributed by atoms with Crippen molar-refractivity contribution in [2.24, 2.45) is 5.73 Å². The maximum Gasteiger partial charge on any atom is 0.390 e. The average Bonchev–Trinajstić information content (AvgIpc) is 2.08. The third kappa shape index (κ3) is 8.31. The molecule has 0 unspecified atom stereocenters. The predicted molar refractivity (Wildman–Crippen MR) is 51.1 cm³/mol. The molecule has 0 aromatic heterocycles. The van der Waals surface area contributed by atoms with Gasteiger partial charge in [0.2, 0.25) is 0 Å². The molecule has 0 aliphatic rings. The summed E-state index contributed by atoms with van der Waals surface area (Å²) in [6.45, 7) is 3.98. The minimum atomic E-state index is -4.05. The molecular formula is C9H19F3N2. The second kappa shape index (κ2) is 7.06. The van der Waals surface area contributed by atoms with Gasteiger partial charge in [-0.3, -0.25) is 0 Å². The number of rotatable bonds is 7. The summed E-state index contributed by atoms with van der Waals surface area (Å²) in [7, 11) is 0. The van der Waals surface area contributed by atoms with E-state index in [0.717, 1.165) is 19.4 Å². The lowest BCUT2D eigenvalue weighted by Crippen LogP contribution is -2.31. The third-order valence-electron chi connectivity index (χ3n) is 1.93. The van der Waals surface area contributed by atoms with Crippen molar-refractivity contribution < 1.29 is 13.2 Å². The fourth-order valence-corrected chi connectivity index (χ4v) is 1.25. The monoisotopic (exact) mass is 212 g/mol. The van der Waals surface area contributed by atoms with Gasteiger partial charge in [-0.25, -0.2) is 0 Å². The average molecular weight is 212 g/mol. The van der Waals surface area contributed by atoms with Crippen LogP contribution in [0.5, 0.6) is 0 Å². The molecule has 0 fully saturated rings. The zero-order chi connectivity index (χ0) is 11.0. The van der Waals surface area contributed by atoms with Gasteiger partial charge in [0.05, 0.1) is 6.42 Å². The van der Waals surface area contributed by atoms with Gasteiger partial charge in [0.1, 0.15) is 0 Å². The third-order valence-corrected chi connectivity index (χ3v) is 1.93. The second-order valence-electron chi connectivity index (χ2n) is 3.35. The van der Waals surface area contributed by atoms with E-state index in [1.54, 1.807) is 0 Å². The number of hydrogen-bond donors (Lipinski definition) is 1. The van der Waals surface area contributed by atoms with E-state index in [9.17, 15) is 13.2 Å². The van der Waals surface area contributed by atoms with Gasteiger partial charge in [-0.1, -0.05) is 6.92 Å². The fourth-order valence-electron chi connectivity index (χ4n) is 1.25. The molecule has 0 saturated carbocycles. The Labute approximate surface area is 83.3 Å². The Balaban J connectivity index is 3.72. The van der Waals surface area contributed by atoms with Crippen LogP contribution in [-0.4, -0.2) is 37.3 Å². The van der Waals surface area contributed by atoms with E-state index in [4.69, 9.17) is 5.73 Å². The molecule has 0 aliphatic heterocycles. The molecule has 0 amide bonds. The first-order chi connectivity index (χ1) is 6.49. The first kappa shape index (κ1) is 13.7. The Morgan fingerprint density at radius 1 is 1.14 bits per heavy atom. The smallest absolute Gasteiger partial charge is 0.330 e. The van der Waals surface area contributed by atoms with Crippen molar-refractivity contribution in [2.75, 3.05) is 26.2 Å². The summed E-state index contributed by atoms with van der Waals surface area (Å²) < 4.78 is 35.8. The molecule has 0 radical (unpaired) electrons. The van der Waals surface area contributed by atoms with Gasteiger partial charge < -0.3 is 10.6 Å². The first-order valence-corrected chi connectivity index (χ1v) is 4.98. The summed E-state index contributed by atoms with van der Waals surface area (Å²) in [5.74, 6) is 0. The number of nitrogens with zero attached hydrogens (tertiary/aromatic N) is 1. The van der Waals surface area contributed by atoms with Gasteiger partial charge in [-0.15, -0.1) is 0 Å². The zero-order valence-electron chi connectivity index (χ0n) is 8.61. The molecular weight excluding hydrogens is 193 g/mol. The maximum absolute atomic E-state index is 11.9. The van der Waals surface area contributed by atoms with E-state index in [1.807, 2.05) is 11.8 Å². The predicted octanol–water partition coefficient (Wildman–Crippen LogP) is 2.00. The summed E-state index contributed by atoms with van der Waals surface area (Å²) in [5.41, 5.74) is 5.31. The van der Waals surface area contributed by atoms with Gasteiger partial charge >= 0.3 is 6.18 Å². The van der Waals surface area contributed by atoms with Crippen molar-refractivity contribution in [2.45, 2.75) is 32.4 Å². The SMILES string of the molecule is CCCN(CCCN)CCC(F)(F)F. The molecule has 0 spiro atoms. The van der Waals surface area contributed by atoms with Gasteiger partial charge in [0.15, 0.2) is 0 Å². The van der Waals surface area contributed by atoms with E-state index in [0.29, 0.717) is 13.1 Å². The van der Waals surface area contributed by atoms with Crippen molar-refractivity contribution in [3.05, 3.63) is 0 Å². The summed E-state index contributed by atoms with van der Waals surface area (Å²) >= 11 is 0. The number of nitrogens with two attached hydrogens (primary N) is 1. The highest BCUT2D eigenvalue weighted by Crippen LogP contribution is 2.19. The van der Waals surface area contributed by atoms with Gasteiger partial charge in [0, 0.05) is 6.54 Å². The van der Waals surface area contributed by atoms with Crippen molar-refractivity contribution >= 4 is 0 Å². The molecule has 0 heterocycles. The van der Waals surface area contributed by atoms with E-state index in [1.165, 1.54) is 0 Å². The maximum atomic E-state index is 11.9. The van der Waals surface area contributed by atoms with E-state index >= 15 is 0 Å². The highest BCUT2D eigenvalue weighted by molar-refractivity contribution is 4.61. The molecule has 0 aromatic carbocycles. The lowest BCUT2D eigenvalue weighted by atomic mass is 10.3. The number of hydrogen-bond acceptors (Lipinski definition) is 2. The van der Waals surface area contributed by atoms with Gasteiger partial charge in [-0.05, 0) is 32.5 Å². The Morgan fingerprint density at radius 3 is 2.21 bits per heavy atom. The minimum absolute atomic E-state index is 0.0946. The number of halogens is 3. The Hall–Kier alpha value is -0.290. The normalized spacial score (nSPS) is 12.4. The summed E-state index contributed by atoms with van der Waals surface area (Å²) in [6.07, 6.45) is -3.13. The van der Waals surface area contributed by atoms with E-state index < -0.39 is 12.6 Å². The quantitative estimate of drug-likeness (QED) is 0.699. The van der Waals surface area contributed by atoms with E-state index in [2.05, 4.69) is 0 Å². The van der Waals surface area contributed by atoms with Crippen LogP contribution < -0.4 is 5.73 Å². The van der Waals surface area contributed by atoms with Crippen LogP contribution in [0.1, 0.15) is 26.2 Å². The van der Waals surface area contributed by atoms with Crippen LogP contribution in [0.15, 0.2) is 0 Å². The highest BCUT2D eigenvalue weighted by Gasteiger charge is 2.27. The molecule has 14 heavy (non-hydrogen) atoms. The molecule has 0 rings (SSSR count). The van der Waals surface area contributed by atoms with Crippen LogP contribution in [0.3, 0.4) is 0 Å². The van der Waals surface area contributed by atoms with Gasteiger partial charge in [-0.2, -0.15) is 13.2 Å². The molecule has 0 bridgehead atoms. The Bertz CT molecular complexity index is 137. The summed E-state index contributed by atoms with van der Waals surface area (Å²) in [4.78, 5) is 1.82. The van der Waals surface area contributed by atoms with Crippen LogP contribution in [0.2, 0.25) is 0 Å². The summed E-state index contributed by atoms with van der Waals surface area (Å²) in [6, 6.07) is 0. The van der Waals surface area contributed by atoms with Crippen molar-refractivity contribution in [1.82, 2.24) is 4.90 Å². The molecule has 5 heteroatoms. The molecule has 86 valence electrons. The van der Waals surface area contributed by atoms with Crippen LogP contribution in [-0.2, 0) is 0 Å². The lowest BCUT2D eigenvalue weighted by Gasteiger charge is -2.21. The topological polar surface area (TPSA) is 29.3 Å². The molecule has 0 aromatic rings. The van der Waals surface area contributed by atoms with Crippen molar-refractivity contribution in [3.8, 4) is 0 Å². The molecule has 0 saturated heterocycles. The molecule has 0 aliphatic carbocycles. The fraction of sp³-hybridized carbons (Fsp3) is 1.00. The van der Waals surface area contributed by atoms with Crippen LogP contribution in [0.4, 0.5) is 13.2 Å². The van der Waals surface area contributed by atoms with Gasteiger partial charge in [0.25, 0.3) is 0 Å². The van der Waals surface area contributed by atoms with Crippen LogP contribution >= 0.6 is 0 Å². The minimum Gasteiger partial charge on any atom is -0.330 e. The Morgan fingerprint density at radius 2 is 1.79 bits per heavy atom. The lowest BCUT2D eigenvalue weighted by molar-refractivity contribution is -0.138. The molecule has 2 N–H and O–H groups in total. The second-order valence-corrected chi connectivity index (χ2v) is 3.35. The highest BCUT2D eigenvalue weighted by atomic mass is 19.4. The molecule has 2 nitrogen and oxygen atoms in total. The van der Waals surface area contributed by atoms with Crippen LogP contribution in [0.25, 0.3) is 0 Å². The van der Waals surface area contributed by atoms with Crippen molar-refractivity contribution in [3.63, 3.8) is 0 Å². The standard InChI is InChI=1S/C9H19F3N2/c1-2-6-14(7-3-5-13)8-4-9(10,11)12/h2-8,13H2,1H3. The molecule has 0 atom stereocenters. The largest absolute Gasteiger partial charge is 0.390 e. The Kier molecular flexibility index (Phi) is 6.92. The number of alkyl halides is 3. The summed E-state index contributed by atoms with van der Waals surface area (Å²) in [5, 5.41) is 0. The first-order valence-electron chi connectivity index (χ1n) is 4.98. The van der Waals surface area contributed by atoms with Crippen molar-refractivity contribution in [1.29, 1.82) is 0 Å². The van der Waals surface area contributed by atoms with Crippen LogP contribution in [0, 0.1) is 0 Å². The van der Waals surface area contributed by atoms with E-state index in [-0.39, 0.29) is 6.54 Å².